The van der Waals surface area contributed by atoms with E-state index in [-0.39, 0.29) is 0 Å². The fourth-order valence-corrected chi connectivity index (χ4v) is 1.91. The molecule has 84 valence electrons. The molecule has 0 bridgehead atoms. The van der Waals surface area contributed by atoms with Crippen LogP contribution in [0.15, 0.2) is 42.6 Å². The maximum absolute atomic E-state index is 9.04. The highest BCUT2D eigenvalue weighted by Gasteiger charge is 2.05. The van der Waals surface area contributed by atoms with Crippen molar-refractivity contribution in [1.29, 1.82) is 5.26 Å². The van der Waals surface area contributed by atoms with Gasteiger partial charge in [0.1, 0.15) is 11.8 Å². The van der Waals surface area contributed by atoms with E-state index in [2.05, 4.69) is 30.1 Å². The minimum absolute atomic E-state index is 0.487. The summed E-state index contributed by atoms with van der Waals surface area (Å²) in [6.07, 6.45) is 3.84. The number of benzene rings is 1. The third-order valence-corrected chi connectivity index (χ3v) is 2.69. The average Bonchev–Trinajstić information content (AvgIpc) is 2.39. The number of nitrogens with zero attached hydrogens (tertiary/aromatic N) is 2. The van der Waals surface area contributed by atoms with Crippen LogP contribution in [0.1, 0.15) is 24.6 Å². The summed E-state index contributed by atoms with van der Waals surface area (Å²) in [5.74, 6) is 0. The zero-order chi connectivity index (χ0) is 12.1. The Labute approximate surface area is 102 Å². The van der Waals surface area contributed by atoms with Gasteiger partial charge in [-0.15, -0.1) is 0 Å². The molecule has 0 unspecified atom stereocenters. The number of nitriles is 1. The summed E-state index contributed by atoms with van der Waals surface area (Å²) in [6.45, 7) is 2.16. The molecule has 0 spiro atoms. The van der Waals surface area contributed by atoms with E-state index in [9.17, 15) is 0 Å². The van der Waals surface area contributed by atoms with Gasteiger partial charge in [-0.05, 0) is 29.7 Å². The van der Waals surface area contributed by atoms with Crippen LogP contribution in [0, 0.1) is 11.3 Å². The molecule has 0 saturated carbocycles. The molecule has 1 heterocycles. The zero-order valence-corrected chi connectivity index (χ0v) is 9.85. The van der Waals surface area contributed by atoms with Crippen LogP contribution in [-0.4, -0.2) is 4.98 Å². The lowest BCUT2D eigenvalue weighted by atomic mass is 10.0. The number of rotatable bonds is 3. The average molecular weight is 222 g/mol. The minimum Gasteiger partial charge on any atom is -0.245 e. The van der Waals surface area contributed by atoms with Crippen LogP contribution in [0.4, 0.5) is 0 Å². The first kappa shape index (κ1) is 11.3. The van der Waals surface area contributed by atoms with Gasteiger partial charge < -0.3 is 0 Å². The molecule has 1 aromatic carbocycles. The smallest absolute Gasteiger partial charge is 0.148 e. The highest BCUT2D eigenvalue weighted by atomic mass is 14.7. The predicted octanol–water partition coefficient (Wildman–Crippen LogP) is 3.57. The molecule has 0 saturated heterocycles. The van der Waals surface area contributed by atoms with Crippen LogP contribution >= 0.6 is 0 Å². The van der Waals surface area contributed by atoms with Gasteiger partial charge in [0.2, 0.25) is 0 Å². The topological polar surface area (TPSA) is 36.7 Å². The van der Waals surface area contributed by atoms with Crippen LogP contribution in [0.2, 0.25) is 0 Å². The van der Waals surface area contributed by atoms with E-state index in [1.807, 2.05) is 24.3 Å². The molecule has 2 aromatic rings. The second kappa shape index (κ2) is 5.27. The first-order valence-corrected chi connectivity index (χ1v) is 5.79. The second-order valence-electron chi connectivity index (χ2n) is 3.96. The Bertz CT molecular complexity index is 553. The quantitative estimate of drug-likeness (QED) is 0.796. The Morgan fingerprint density at radius 1 is 1.24 bits per heavy atom. The van der Waals surface area contributed by atoms with E-state index in [4.69, 9.17) is 5.26 Å². The third-order valence-electron chi connectivity index (χ3n) is 2.69. The second-order valence-corrected chi connectivity index (χ2v) is 3.96. The van der Waals surface area contributed by atoms with Crippen molar-refractivity contribution in [3.8, 4) is 17.2 Å². The van der Waals surface area contributed by atoms with Crippen molar-refractivity contribution >= 4 is 0 Å². The van der Waals surface area contributed by atoms with E-state index in [0.717, 1.165) is 24.0 Å². The Hall–Kier alpha value is -2.14. The molecule has 2 rings (SSSR count). The summed E-state index contributed by atoms with van der Waals surface area (Å²) in [4.78, 5) is 4.09. The predicted molar refractivity (Wildman–Crippen MR) is 68.4 cm³/mol. The van der Waals surface area contributed by atoms with E-state index in [1.54, 1.807) is 6.20 Å². The van der Waals surface area contributed by atoms with Gasteiger partial charge in [0.25, 0.3) is 0 Å². The summed E-state index contributed by atoms with van der Waals surface area (Å²) >= 11 is 0. The van der Waals surface area contributed by atoms with Crippen molar-refractivity contribution < 1.29 is 0 Å². The van der Waals surface area contributed by atoms with Crippen molar-refractivity contribution in [2.75, 3.05) is 0 Å². The van der Waals surface area contributed by atoms with E-state index >= 15 is 0 Å². The Balaban J connectivity index is 2.46. The summed E-state index contributed by atoms with van der Waals surface area (Å²) < 4.78 is 0. The molecule has 0 N–H and O–H groups in total. The molecule has 0 fully saturated rings. The summed E-state index contributed by atoms with van der Waals surface area (Å²) in [5, 5.41) is 9.04. The molecule has 0 amide bonds. The standard InChI is InChI=1S/C15H14N2/c1-2-5-12-6-3-7-13(10-12)14-8-4-9-17-15(14)11-16/h3-4,6-10H,2,5H2,1H3. The van der Waals surface area contributed by atoms with Gasteiger partial charge in [-0.1, -0.05) is 37.6 Å². The maximum Gasteiger partial charge on any atom is 0.148 e. The molecular formula is C15H14N2. The van der Waals surface area contributed by atoms with Gasteiger partial charge in [-0.2, -0.15) is 5.26 Å². The van der Waals surface area contributed by atoms with Crippen molar-refractivity contribution in [2.24, 2.45) is 0 Å². The van der Waals surface area contributed by atoms with E-state index in [1.165, 1.54) is 5.56 Å². The van der Waals surface area contributed by atoms with Gasteiger partial charge in [-0.3, -0.25) is 0 Å². The highest BCUT2D eigenvalue weighted by molar-refractivity contribution is 5.69. The van der Waals surface area contributed by atoms with Crippen molar-refractivity contribution in [1.82, 2.24) is 4.98 Å². The number of aryl methyl sites for hydroxylation is 1. The van der Waals surface area contributed by atoms with Crippen molar-refractivity contribution in [3.05, 3.63) is 53.9 Å². The summed E-state index contributed by atoms with van der Waals surface area (Å²) in [7, 11) is 0. The third kappa shape index (κ3) is 2.51. The SMILES string of the molecule is CCCc1cccc(-c2cccnc2C#N)c1. The molecule has 1 aromatic heterocycles. The lowest BCUT2D eigenvalue weighted by Crippen LogP contribution is -1.89. The number of hydrogen-bond donors (Lipinski definition) is 0. The fourth-order valence-electron chi connectivity index (χ4n) is 1.91. The normalized spacial score (nSPS) is 9.88. The van der Waals surface area contributed by atoms with Crippen LogP contribution < -0.4 is 0 Å². The number of hydrogen-bond acceptors (Lipinski definition) is 2. The minimum atomic E-state index is 0.487. The van der Waals surface area contributed by atoms with Gasteiger partial charge in [0.05, 0.1) is 0 Å². The maximum atomic E-state index is 9.04. The number of pyridine rings is 1. The molecule has 0 aliphatic heterocycles. The monoisotopic (exact) mass is 222 g/mol. The summed E-state index contributed by atoms with van der Waals surface area (Å²) in [5.41, 5.74) is 3.77. The van der Waals surface area contributed by atoms with Gasteiger partial charge in [0.15, 0.2) is 0 Å². The van der Waals surface area contributed by atoms with Crippen molar-refractivity contribution in [2.45, 2.75) is 19.8 Å². The van der Waals surface area contributed by atoms with Gasteiger partial charge in [-0.25, -0.2) is 4.98 Å². The Morgan fingerprint density at radius 2 is 2.12 bits per heavy atom. The Morgan fingerprint density at radius 3 is 2.88 bits per heavy atom. The largest absolute Gasteiger partial charge is 0.245 e. The molecule has 0 atom stereocenters. The van der Waals surface area contributed by atoms with Crippen LogP contribution in [0.25, 0.3) is 11.1 Å². The van der Waals surface area contributed by atoms with Crippen LogP contribution in [-0.2, 0) is 6.42 Å². The first-order chi connectivity index (χ1) is 8.35. The Kier molecular flexibility index (Phi) is 3.52. The van der Waals surface area contributed by atoms with Crippen LogP contribution in [0.5, 0.6) is 0 Å². The molecular weight excluding hydrogens is 208 g/mol. The lowest BCUT2D eigenvalue weighted by molar-refractivity contribution is 0.922. The van der Waals surface area contributed by atoms with Crippen LogP contribution in [0.3, 0.4) is 0 Å². The van der Waals surface area contributed by atoms with Crippen molar-refractivity contribution in [3.63, 3.8) is 0 Å². The number of aromatic nitrogens is 1. The summed E-state index contributed by atoms with van der Waals surface area (Å²) in [6, 6.07) is 14.3. The molecule has 0 radical (unpaired) electrons. The molecule has 0 aliphatic rings. The molecule has 2 heteroatoms. The van der Waals surface area contributed by atoms with E-state index < -0.39 is 0 Å². The fraction of sp³-hybridized carbons (Fsp3) is 0.200. The first-order valence-electron chi connectivity index (χ1n) is 5.79. The lowest BCUT2D eigenvalue weighted by Gasteiger charge is -2.05. The highest BCUT2D eigenvalue weighted by Crippen LogP contribution is 2.23. The molecule has 2 nitrogen and oxygen atoms in total. The van der Waals surface area contributed by atoms with E-state index in [0.29, 0.717) is 5.69 Å². The zero-order valence-electron chi connectivity index (χ0n) is 9.85. The van der Waals surface area contributed by atoms with Gasteiger partial charge in [0, 0.05) is 11.8 Å². The van der Waals surface area contributed by atoms with Gasteiger partial charge >= 0.3 is 0 Å². The molecule has 0 aliphatic carbocycles. The molecule has 17 heavy (non-hydrogen) atoms.